The second kappa shape index (κ2) is 7.88. The Morgan fingerprint density at radius 3 is 2.26 bits per heavy atom. The van der Waals surface area contributed by atoms with Crippen molar-refractivity contribution in [2.75, 3.05) is 10.0 Å². The topological polar surface area (TPSA) is 46.1 Å². The molecule has 1 heterocycles. The zero-order valence-electron chi connectivity index (χ0n) is 15.8. The highest BCUT2D eigenvalue weighted by Crippen LogP contribution is 2.30. The van der Waals surface area contributed by atoms with Gasteiger partial charge in [0, 0.05) is 17.5 Å². The highest BCUT2D eigenvalue weighted by molar-refractivity contribution is 8.00. The van der Waals surface area contributed by atoms with Crippen LogP contribution in [-0.2, 0) is 7.05 Å². The number of benzene rings is 2. The average molecular weight is 383 g/mol. The van der Waals surface area contributed by atoms with Crippen molar-refractivity contribution >= 4 is 29.1 Å². The lowest BCUT2D eigenvalue weighted by Gasteiger charge is -2.18. The molecule has 0 aliphatic rings. The molecule has 0 spiro atoms. The van der Waals surface area contributed by atoms with E-state index >= 15 is 0 Å². The van der Waals surface area contributed by atoms with Crippen molar-refractivity contribution in [3.8, 4) is 0 Å². The monoisotopic (exact) mass is 383 g/mol. The number of aromatic nitrogens is 1. The van der Waals surface area contributed by atoms with Gasteiger partial charge in [-0.25, -0.2) is 4.39 Å². The van der Waals surface area contributed by atoms with Crippen molar-refractivity contribution in [1.82, 2.24) is 4.57 Å². The van der Waals surface area contributed by atoms with E-state index in [1.807, 2.05) is 44.2 Å². The van der Waals surface area contributed by atoms with Gasteiger partial charge < -0.3 is 10.0 Å². The van der Waals surface area contributed by atoms with Gasteiger partial charge in [0.2, 0.25) is 0 Å². The molecule has 2 N–H and O–H groups in total. The Morgan fingerprint density at radius 2 is 1.59 bits per heavy atom. The molecule has 0 amide bonds. The molecule has 2 aromatic carbocycles. The van der Waals surface area contributed by atoms with Crippen molar-refractivity contribution in [3.63, 3.8) is 0 Å². The van der Waals surface area contributed by atoms with Crippen LogP contribution >= 0.6 is 11.9 Å². The van der Waals surface area contributed by atoms with Crippen LogP contribution < -0.4 is 15.6 Å². The zero-order valence-corrected chi connectivity index (χ0v) is 16.6. The van der Waals surface area contributed by atoms with Gasteiger partial charge in [-0.15, -0.1) is 0 Å². The Hall–Kier alpha value is -2.73. The first-order valence-electron chi connectivity index (χ1n) is 8.58. The third kappa shape index (κ3) is 4.34. The quantitative estimate of drug-likeness (QED) is 0.586. The number of rotatable bonds is 5. The van der Waals surface area contributed by atoms with Crippen molar-refractivity contribution in [3.05, 3.63) is 81.4 Å². The molecule has 0 saturated heterocycles. The molecule has 0 saturated carbocycles. The predicted octanol–water partition coefficient (Wildman–Crippen LogP) is 5.31. The molecule has 0 unspecified atom stereocenters. The highest BCUT2D eigenvalue weighted by Gasteiger charge is 2.13. The number of halogens is 1. The van der Waals surface area contributed by atoms with Crippen LogP contribution in [0.3, 0.4) is 0 Å². The highest BCUT2D eigenvalue weighted by atomic mass is 32.2. The summed E-state index contributed by atoms with van der Waals surface area (Å²) in [5, 5.41) is 3.06. The molecule has 0 bridgehead atoms. The maximum atomic E-state index is 14.3. The van der Waals surface area contributed by atoms with Gasteiger partial charge in [-0.2, -0.15) is 0 Å². The van der Waals surface area contributed by atoms with Crippen LogP contribution in [0.1, 0.15) is 16.7 Å². The van der Waals surface area contributed by atoms with E-state index in [0.717, 1.165) is 10.5 Å². The molecule has 27 heavy (non-hydrogen) atoms. The minimum absolute atomic E-state index is 0.129. The molecule has 0 aliphatic heterocycles. The fourth-order valence-electron chi connectivity index (χ4n) is 2.69. The summed E-state index contributed by atoms with van der Waals surface area (Å²) in [5.74, 6) is 0.146. The van der Waals surface area contributed by atoms with Crippen molar-refractivity contribution in [2.24, 2.45) is 7.05 Å². The first-order chi connectivity index (χ1) is 12.8. The third-order valence-corrected chi connectivity index (χ3v) is 5.10. The minimum Gasteiger partial charge on any atom is -0.337 e. The summed E-state index contributed by atoms with van der Waals surface area (Å²) in [6.07, 6.45) is 0. The van der Waals surface area contributed by atoms with Crippen LogP contribution in [0, 0.1) is 26.6 Å². The number of hydrogen-bond donors (Lipinski definition) is 2. The van der Waals surface area contributed by atoms with Crippen LogP contribution in [-0.4, -0.2) is 4.57 Å². The summed E-state index contributed by atoms with van der Waals surface area (Å²) in [5.41, 5.74) is 3.54. The second-order valence-electron chi connectivity index (χ2n) is 6.58. The average Bonchev–Trinajstić information content (AvgIpc) is 2.64. The van der Waals surface area contributed by atoms with E-state index in [9.17, 15) is 9.18 Å². The van der Waals surface area contributed by atoms with Crippen molar-refractivity contribution < 1.29 is 4.39 Å². The molecular formula is C21H22FN3OS. The zero-order chi connectivity index (χ0) is 19.6. The first kappa shape index (κ1) is 19.0. The molecule has 0 aliphatic carbocycles. The van der Waals surface area contributed by atoms with E-state index in [1.165, 1.54) is 28.1 Å². The SMILES string of the molecule is Cc1ccc(SNc2cc(C)c(=O)n(C)c2Nc2ccc(C)cc2F)cc1. The Bertz CT molecular complexity index is 1030. The number of aryl methyl sites for hydroxylation is 3. The normalized spacial score (nSPS) is 10.7. The summed E-state index contributed by atoms with van der Waals surface area (Å²) < 4.78 is 19.1. The van der Waals surface area contributed by atoms with Crippen LogP contribution in [0.15, 0.2) is 58.2 Å². The lowest BCUT2D eigenvalue weighted by atomic mass is 10.2. The predicted molar refractivity (Wildman–Crippen MR) is 111 cm³/mol. The van der Waals surface area contributed by atoms with Crippen molar-refractivity contribution in [2.45, 2.75) is 25.7 Å². The molecule has 3 rings (SSSR count). The van der Waals surface area contributed by atoms with Gasteiger partial charge in [0.05, 0.1) is 11.4 Å². The summed E-state index contributed by atoms with van der Waals surface area (Å²) in [6, 6.07) is 14.9. The molecule has 0 radical (unpaired) electrons. The second-order valence-corrected chi connectivity index (χ2v) is 7.46. The fourth-order valence-corrected chi connectivity index (χ4v) is 3.35. The molecule has 0 atom stereocenters. The van der Waals surface area contributed by atoms with Crippen molar-refractivity contribution in [1.29, 1.82) is 0 Å². The first-order valence-corrected chi connectivity index (χ1v) is 9.40. The van der Waals surface area contributed by atoms with E-state index < -0.39 is 0 Å². The third-order valence-electron chi connectivity index (χ3n) is 4.27. The molecule has 3 aromatic rings. The molecular weight excluding hydrogens is 361 g/mol. The number of anilines is 3. The Morgan fingerprint density at radius 1 is 0.926 bits per heavy atom. The lowest BCUT2D eigenvalue weighted by molar-refractivity contribution is 0.630. The van der Waals surface area contributed by atoms with Gasteiger partial charge in [0.25, 0.3) is 5.56 Å². The van der Waals surface area contributed by atoms with E-state index in [4.69, 9.17) is 0 Å². The molecule has 6 heteroatoms. The van der Waals surface area contributed by atoms with Crippen LogP contribution in [0.2, 0.25) is 0 Å². The van der Waals surface area contributed by atoms with Gasteiger partial charge in [0.15, 0.2) is 0 Å². The Labute approximate surface area is 162 Å². The van der Waals surface area contributed by atoms with E-state index in [2.05, 4.69) is 10.0 Å². The standard InChI is InChI=1S/C21H22FN3OS/c1-13-5-8-16(9-6-13)27-24-19-12-15(3)21(26)25(4)20(19)23-18-10-7-14(2)11-17(18)22/h5-12,23-24H,1-4H3. The van der Waals surface area contributed by atoms with Crippen LogP contribution in [0.25, 0.3) is 0 Å². The maximum absolute atomic E-state index is 14.3. The number of nitrogens with zero attached hydrogens (tertiary/aromatic N) is 1. The minimum atomic E-state index is -0.361. The van der Waals surface area contributed by atoms with Gasteiger partial charge in [-0.1, -0.05) is 23.8 Å². The van der Waals surface area contributed by atoms with Gasteiger partial charge in [-0.05, 0) is 68.6 Å². The number of nitrogens with one attached hydrogen (secondary N) is 2. The molecule has 4 nitrogen and oxygen atoms in total. The summed E-state index contributed by atoms with van der Waals surface area (Å²) in [7, 11) is 1.67. The molecule has 1 aromatic heterocycles. The fraction of sp³-hybridized carbons (Fsp3) is 0.190. The number of pyridine rings is 1. The Kier molecular flexibility index (Phi) is 5.56. The van der Waals surface area contributed by atoms with Crippen LogP contribution in [0.5, 0.6) is 0 Å². The van der Waals surface area contributed by atoms with E-state index in [0.29, 0.717) is 22.8 Å². The van der Waals surface area contributed by atoms with Gasteiger partial charge in [-0.3, -0.25) is 9.36 Å². The summed E-state index contributed by atoms with van der Waals surface area (Å²) >= 11 is 1.44. The van der Waals surface area contributed by atoms with E-state index in [1.54, 1.807) is 26.1 Å². The molecule has 140 valence electrons. The Balaban J connectivity index is 1.94. The van der Waals surface area contributed by atoms with Gasteiger partial charge >= 0.3 is 0 Å². The number of hydrogen-bond acceptors (Lipinski definition) is 4. The molecule has 0 fully saturated rings. The maximum Gasteiger partial charge on any atom is 0.254 e. The summed E-state index contributed by atoms with van der Waals surface area (Å²) in [6.45, 7) is 5.64. The summed E-state index contributed by atoms with van der Waals surface area (Å²) in [4.78, 5) is 13.4. The lowest BCUT2D eigenvalue weighted by Crippen LogP contribution is -2.22. The van der Waals surface area contributed by atoms with Gasteiger partial charge in [0.1, 0.15) is 11.6 Å². The van der Waals surface area contributed by atoms with Crippen LogP contribution in [0.4, 0.5) is 21.6 Å². The van der Waals surface area contributed by atoms with E-state index in [-0.39, 0.29) is 11.4 Å². The smallest absolute Gasteiger partial charge is 0.254 e. The largest absolute Gasteiger partial charge is 0.337 e.